The molecule has 0 aromatic carbocycles. The lowest BCUT2D eigenvalue weighted by Crippen LogP contribution is -2.01. The van der Waals surface area contributed by atoms with Gasteiger partial charge in [-0.25, -0.2) is 9.78 Å². The van der Waals surface area contributed by atoms with Crippen LogP contribution in [0.15, 0.2) is 24.3 Å². The molecule has 0 bridgehead atoms. The first-order valence-electron chi connectivity index (χ1n) is 4.91. The molecule has 0 aliphatic rings. The first kappa shape index (κ1) is 14.2. The number of carbonyl (C=O) groups excluding carboxylic acids is 1. The Labute approximate surface area is 118 Å². The largest absolute Gasteiger partial charge is 0.487 e. The minimum Gasteiger partial charge on any atom is -0.487 e. The first-order chi connectivity index (χ1) is 8.13. The highest BCUT2D eigenvalue weighted by molar-refractivity contribution is 14.1. The molecule has 0 N–H and O–H groups in total. The summed E-state index contributed by atoms with van der Waals surface area (Å²) in [5.41, 5.74) is 0. The van der Waals surface area contributed by atoms with E-state index in [1.165, 1.54) is 6.08 Å². The summed E-state index contributed by atoms with van der Waals surface area (Å²) >= 11 is 7.74. The molecule has 0 atom stereocenters. The molecule has 0 spiro atoms. The maximum absolute atomic E-state index is 11.0. The van der Waals surface area contributed by atoms with Gasteiger partial charge in [-0.1, -0.05) is 11.6 Å². The number of hydrogen-bond donors (Lipinski definition) is 0. The Morgan fingerprint density at radius 2 is 2.35 bits per heavy atom. The monoisotopic (exact) mass is 367 g/mol. The van der Waals surface area contributed by atoms with Gasteiger partial charge in [0, 0.05) is 6.08 Å². The molecule has 6 heteroatoms. The van der Waals surface area contributed by atoms with E-state index < -0.39 is 0 Å². The Morgan fingerprint density at radius 1 is 1.59 bits per heavy atom. The molecular formula is C11H11ClINO3. The van der Waals surface area contributed by atoms with Crippen molar-refractivity contribution in [1.29, 1.82) is 0 Å². The summed E-state index contributed by atoms with van der Waals surface area (Å²) in [6, 6.07) is 3.38. The van der Waals surface area contributed by atoms with Gasteiger partial charge in [0.2, 0.25) is 0 Å². The average Bonchev–Trinajstić information content (AvgIpc) is 2.27. The number of rotatable bonds is 5. The van der Waals surface area contributed by atoms with Crippen molar-refractivity contribution in [2.75, 3.05) is 13.2 Å². The summed E-state index contributed by atoms with van der Waals surface area (Å²) < 4.78 is 10.8. The van der Waals surface area contributed by atoms with E-state index >= 15 is 0 Å². The summed E-state index contributed by atoms with van der Waals surface area (Å²) in [7, 11) is 0. The van der Waals surface area contributed by atoms with Gasteiger partial charge < -0.3 is 9.47 Å². The zero-order valence-corrected chi connectivity index (χ0v) is 12.1. The maximum atomic E-state index is 11.0. The van der Waals surface area contributed by atoms with Crippen LogP contribution in [-0.4, -0.2) is 24.2 Å². The van der Waals surface area contributed by atoms with E-state index in [0.29, 0.717) is 21.2 Å². The number of nitrogens with zero attached hydrogens (tertiary/aromatic N) is 1. The average molecular weight is 368 g/mol. The number of esters is 1. The Balaban J connectivity index is 2.43. The van der Waals surface area contributed by atoms with Gasteiger partial charge in [-0.3, -0.25) is 0 Å². The van der Waals surface area contributed by atoms with Crippen LogP contribution in [0.3, 0.4) is 0 Å². The van der Waals surface area contributed by atoms with E-state index in [-0.39, 0.29) is 12.6 Å². The summed E-state index contributed by atoms with van der Waals surface area (Å²) in [4.78, 5) is 15.0. The second-order valence-electron chi connectivity index (χ2n) is 2.89. The van der Waals surface area contributed by atoms with Crippen molar-refractivity contribution in [1.82, 2.24) is 4.98 Å². The number of aromatic nitrogens is 1. The maximum Gasteiger partial charge on any atom is 0.330 e. The van der Waals surface area contributed by atoms with E-state index in [4.69, 9.17) is 21.1 Å². The van der Waals surface area contributed by atoms with Crippen LogP contribution in [0.25, 0.3) is 0 Å². The number of carbonyl (C=O) groups is 1. The lowest BCUT2D eigenvalue weighted by molar-refractivity contribution is -0.137. The Morgan fingerprint density at radius 3 is 3.00 bits per heavy atom. The predicted molar refractivity (Wildman–Crippen MR) is 73.2 cm³/mol. The molecule has 1 aromatic rings. The second kappa shape index (κ2) is 7.50. The third-order valence-corrected chi connectivity index (χ3v) is 2.64. The summed E-state index contributed by atoms with van der Waals surface area (Å²) in [5, 5.41) is 0.420. The lowest BCUT2D eigenvalue weighted by Gasteiger charge is -2.04. The van der Waals surface area contributed by atoms with Gasteiger partial charge in [0.25, 0.3) is 0 Å². The van der Waals surface area contributed by atoms with E-state index in [2.05, 4.69) is 4.98 Å². The molecule has 4 nitrogen and oxygen atoms in total. The van der Waals surface area contributed by atoms with Gasteiger partial charge >= 0.3 is 5.97 Å². The molecule has 0 saturated carbocycles. The smallest absolute Gasteiger partial charge is 0.330 e. The standard InChI is InChI=1S/C11H11ClINO3/c1-2-16-10(15)4-3-7-17-8-5-6-9(12)14-11(8)13/h3-6H,2,7H2,1H3/b4-3+. The molecule has 0 fully saturated rings. The molecule has 1 aromatic heterocycles. The minimum absolute atomic E-state index is 0.276. The zero-order chi connectivity index (χ0) is 12.7. The topological polar surface area (TPSA) is 48.4 Å². The molecule has 1 rings (SSSR count). The van der Waals surface area contributed by atoms with Crippen LogP contribution in [0.5, 0.6) is 5.75 Å². The number of pyridine rings is 1. The predicted octanol–water partition coefficient (Wildman–Crippen LogP) is 2.84. The van der Waals surface area contributed by atoms with E-state index in [1.807, 2.05) is 22.6 Å². The summed E-state index contributed by atoms with van der Waals surface area (Å²) in [6.45, 7) is 2.39. The van der Waals surface area contributed by atoms with Crippen LogP contribution in [0.1, 0.15) is 6.92 Å². The molecule has 0 radical (unpaired) electrons. The minimum atomic E-state index is -0.375. The van der Waals surface area contributed by atoms with Gasteiger partial charge in [-0.2, -0.15) is 0 Å². The summed E-state index contributed by atoms with van der Waals surface area (Å²) in [5.74, 6) is 0.253. The summed E-state index contributed by atoms with van der Waals surface area (Å²) in [6.07, 6.45) is 2.92. The van der Waals surface area contributed by atoms with Gasteiger partial charge in [-0.05, 0) is 47.7 Å². The Kier molecular flexibility index (Phi) is 6.28. The normalized spacial score (nSPS) is 10.5. The van der Waals surface area contributed by atoms with Crippen LogP contribution in [0.2, 0.25) is 5.15 Å². The van der Waals surface area contributed by atoms with E-state index in [0.717, 1.165) is 0 Å². The highest BCUT2D eigenvalue weighted by Crippen LogP contribution is 2.20. The zero-order valence-electron chi connectivity index (χ0n) is 9.15. The van der Waals surface area contributed by atoms with Crippen molar-refractivity contribution in [2.24, 2.45) is 0 Å². The molecule has 0 amide bonds. The Bertz CT molecular complexity index is 423. The van der Waals surface area contributed by atoms with Crippen molar-refractivity contribution in [3.63, 3.8) is 0 Å². The van der Waals surface area contributed by atoms with E-state index in [1.54, 1.807) is 25.1 Å². The van der Waals surface area contributed by atoms with Gasteiger partial charge in [0.1, 0.15) is 15.5 Å². The number of halogens is 2. The van der Waals surface area contributed by atoms with Gasteiger partial charge in [0.15, 0.2) is 5.75 Å². The molecule has 0 unspecified atom stereocenters. The number of ether oxygens (including phenoxy) is 2. The van der Waals surface area contributed by atoms with Gasteiger partial charge in [0.05, 0.1) is 6.61 Å². The molecule has 1 heterocycles. The van der Waals surface area contributed by atoms with Gasteiger partial charge in [-0.15, -0.1) is 0 Å². The molecule has 0 aliphatic heterocycles. The third-order valence-electron chi connectivity index (χ3n) is 1.66. The molecule has 92 valence electrons. The quantitative estimate of drug-likeness (QED) is 0.347. The third kappa shape index (κ3) is 5.36. The second-order valence-corrected chi connectivity index (χ2v) is 4.30. The van der Waals surface area contributed by atoms with Crippen molar-refractivity contribution in [3.05, 3.63) is 33.1 Å². The molecule has 0 aliphatic carbocycles. The molecule has 0 saturated heterocycles. The first-order valence-corrected chi connectivity index (χ1v) is 6.37. The number of hydrogen-bond acceptors (Lipinski definition) is 4. The van der Waals surface area contributed by atoms with Crippen LogP contribution in [-0.2, 0) is 9.53 Å². The van der Waals surface area contributed by atoms with Crippen molar-refractivity contribution < 1.29 is 14.3 Å². The van der Waals surface area contributed by atoms with Crippen LogP contribution in [0, 0.1) is 3.70 Å². The molecule has 17 heavy (non-hydrogen) atoms. The SMILES string of the molecule is CCOC(=O)/C=C/COc1ccc(Cl)nc1I. The fourth-order valence-corrected chi connectivity index (χ4v) is 1.87. The fraction of sp³-hybridized carbons (Fsp3) is 0.273. The lowest BCUT2D eigenvalue weighted by atomic mass is 10.4. The van der Waals surface area contributed by atoms with Crippen LogP contribution in [0.4, 0.5) is 0 Å². The van der Waals surface area contributed by atoms with Crippen molar-refractivity contribution >= 4 is 40.2 Å². The highest BCUT2D eigenvalue weighted by Gasteiger charge is 2.02. The van der Waals surface area contributed by atoms with Crippen molar-refractivity contribution in [3.8, 4) is 5.75 Å². The van der Waals surface area contributed by atoms with Crippen LogP contribution < -0.4 is 4.74 Å². The highest BCUT2D eigenvalue weighted by atomic mass is 127. The van der Waals surface area contributed by atoms with E-state index in [9.17, 15) is 4.79 Å². The van der Waals surface area contributed by atoms with Crippen molar-refractivity contribution in [2.45, 2.75) is 6.92 Å². The molecular weight excluding hydrogens is 356 g/mol. The van der Waals surface area contributed by atoms with Crippen LogP contribution >= 0.6 is 34.2 Å². The Hall–Kier alpha value is -0.820. The fourth-order valence-electron chi connectivity index (χ4n) is 0.980.